The Bertz CT molecular complexity index is 919. The van der Waals surface area contributed by atoms with Crippen molar-refractivity contribution in [3.63, 3.8) is 0 Å². The lowest BCUT2D eigenvalue weighted by Gasteiger charge is -2.21. The van der Waals surface area contributed by atoms with Gasteiger partial charge < -0.3 is 10.6 Å². The molecule has 9 heteroatoms. The summed E-state index contributed by atoms with van der Waals surface area (Å²) in [4.78, 5) is 25.9. The van der Waals surface area contributed by atoms with Crippen LogP contribution < -0.4 is 10.6 Å². The largest absolute Gasteiger partial charge is 0.346 e. The fraction of sp³-hybridized carbons (Fsp3) is 0.300. The molecule has 0 saturated heterocycles. The number of carbonyl (C=O) groups is 2. The second kappa shape index (κ2) is 9.04. The molecule has 5 nitrogen and oxygen atoms in total. The van der Waals surface area contributed by atoms with Crippen molar-refractivity contribution in [3.05, 3.63) is 65.2 Å². The summed E-state index contributed by atoms with van der Waals surface area (Å²) in [5.74, 6) is -6.20. The molecular formula is C20H19F4N3O2. The molecule has 3 rings (SSSR count). The number of nitrogens with one attached hydrogen (secondary N) is 2. The average molecular weight is 409 g/mol. The second-order valence-corrected chi connectivity index (χ2v) is 6.78. The molecule has 0 aromatic heterocycles. The van der Waals surface area contributed by atoms with E-state index >= 15 is 0 Å². The Labute approximate surface area is 164 Å². The molecule has 1 fully saturated rings. The van der Waals surface area contributed by atoms with E-state index in [-0.39, 0.29) is 24.9 Å². The number of carbonyl (C=O) groups excluding carboxylic acids is 2. The van der Waals surface area contributed by atoms with E-state index in [9.17, 15) is 27.2 Å². The maximum atomic E-state index is 13.9. The first-order valence-electron chi connectivity index (χ1n) is 9.02. The highest BCUT2D eigenvalue weighted by Crippen LogP contribution is 2.28. The first-order chi connectivity index (χ1) is 13.8. The maximum Gasteiger partial charge on any atom is 0.243 e. The highest BCUT2D eigenvalue weighted by atomic mass is 19.2. The number of amides is 2. The quantitative estimate of drug-likeness (QED) is 0.521. The van der Waals surface area contributed by atoms with Crippen molar-refractivity contribution < 1.29 is 27.2 Å². The molecule has 0 aliphatic heterocycles. The Morgan fingerprint density at radius 1 is 0.931 bits per heavy atom. The van der Waals surface area contributed by atoms with Crippen molar-refractivity contribution in [3.8, 4) is 0 Å². The molecule has 2 aromatic carbocycles. The normalized spacial score (nSPS) is 13.4. The molecule has 2 aromatic rings. The zero-order valence-electron chi connectivity index (χ0n) is 15.4. The number of rotatable bonds is 8. The highest BCUT2D eigenvalue weighted by molar-refractivity contribution is 5.94. The maximum absolute atomic E-state index is 13.9. The van der Waals surface area contributed by atoms with Crippen LogP contribution >= 0.6 is 0 Å². The van der Waals surface area contributed by atoms with E-state index in [1.165, 1.54) is 6.07 Å². The van der Waals surface area contributed by atoms with Crippen LogP contribution in [0.4, 0.5) is 23.2 Å². The third kappa shape index (κ3) is 5.54. The summed E-state index contributed by atoms with van der Waals surface area (Å²) in [6, 6.07) is 8.03. The Morgan fingerprint density at radius 3 is 2.34 bits per heavy atom. The van der Waals surface area contributed by atoms with Crippen LogP contribution in [0.5, 0.6) is 0 Å². The number of halogens is 4. The van der Waals surface area contributed by atoms with Gasteiger partial charge in [-0.2, -0.15) is 0 Å². The smallest absolute Gasteiger partial charge is 0.243 e. The average Bonchev–Trinajstić information content (AvgIpc) is 3.53. The van der Waals surface area contributed by atoms with E-state index in [2.05, 4.69) is 10.6 Å². The van der Waals surface area contributed by atoms with Gasteiger partial charge in [-0.05, 0) is 31.0 Å². The molecule has 0 bridgehead atoms. The number of hydrogen-bond acceptors (Lipinski definition) is 3. The van der Waals surface area contributed by atoms with Crippen LogP contribution in [0.2, 0.25) is 0 Å². The second-order valence-electron chi connectivity index (χ2n) is 6.78. The molecule has 1 aliphatic carbocycles. The van der Waals surface area contributed by atoms with Gasteiger partial charge in [0.05, 0.1) is 18.8 Å². The predicted molar refractivity (Wildman–Crippen MR) is 97.8 cm³/mol. The molecule has 154 valence electrons. The van der Waals surface area contributed by atoms with Gasteiger partial charge in [0.1, 0.15) is 5.82 Å². The first-order valence-corrected chi connectivity index (χ1v) is 9.02. The molecule has 2 amide bonds. The molecule has 1 aliphatic rings. The van der Waals surface area contributed by atoms with Gasteiger partial charge in [-0.15, -0.1) is 0 Å². The van der Waals surface area contributed by atoms with Gasteiger partial charge in [0.15, 0.2) is 17.5 Å². The monoisotopic (exact) mass is 409 g/mol. The summed E-state index contributed by atoms with van der Waals surface area (Å²) in [5.41, 5.74) is -0.0546. The summed E-state index contributed by atoms with van der Waals surface area (Å²) in [7, 11) is 0. The lowest BCUT2D eigenvalue weighted by atomic mass is 10.2. The predicted octanol–water partition coefficient (Wildman–Crippen LogP) is 2.96. The summed E-state index contributed by atoms with van der Waals surface area (Å²) in [5, 5.41) is 4.46. The highest BCUT2D eigenvalue weighted by Gasteiger charge is 2.30. The Hall–Kier alpha value is -2.94. The first kappa shape index (κ1) is 20.8. The summed E-state index contributed by atoms with van der Waals surface area (Å²) in [6.45, 7) is -0.252. The molecular weight excluding hydrogens is 390 g/mol. The van der Waals surface area contributed by atoms with Crippen LogP contribution in [-0.4, -0.2) is 35.8 Å². The van der Waals surface area contributed by atoms with Crippen molar-refractivity contribution in [2.75, 3.05) is 18.4 Å². The molecule has 0 heterocycles. The molecule has 0 spiro atoms. The van der Waals surface area contributed by atoms with Crippen molar-refractivity contribution in [2.45, 2.75) is 25.4 Å². The van der Waals surface area contributed by atoms with Crippen LogP contribution in [-0.2, 0) is 16.1 Å². The Morgan fingerprint density at radius 2 is 1.66 bits per heavy atom. The number of nitrogens with zero attached hydrogens (tertiary/aromatic N) is 1. The minimum atomic E-state index is -1.69. The van der Waals surface area contributed by atoms with Crippen LogP contribution in [0.25, 0.3) is 0 Å². The van der Waals surface area contributed by atoms with Gasteiger partial charge in [0, 0.05) is 18.2 Å². The zero-order valence-corrected chi connectivity index (χ0v) is 15.4. The van der Waals surface area contributed by atoms with Gasteiger partial charge in [0.25, 0.3) is 0 Å². The SMILES string of the molecule is O=C(CN(Cc1ccccc1F)C1CC1)NCC(=O)Nc1ccc(F)c(F)c1F. The van der Waals surface area contributed by atoms with Crippen molar-refractivity contribution in [2.24, 2.45) is 0 Å². The van der Waals surface area contributed by atoms with E-state index in [1.54, 1.807) is 18.2 Å². The van der Waals surface area contributed by atoms with Gasteiger partial charge in [0.2, 0.25) is 11.8 Å². The standard InChI is InChI=1S/C20H19F4N3O2/c21-14-4-2-1-3-12(14)10-27(13-5-6-13)11-18(29)25-9-17(28)26-16-8-7-15(22)19(23)20(16)24/h1-4,7-8,13H,5-6,9-11H2,(H,25,29)(H,26,28). The minimum absolute atomic E-state index is 0.0359. The van der Waals surface area contributed by atoms with E-state index in [1.807, 2.05) is 4.90 Å². The lowest BCUT2D eigenvalue weighted by Crippen LogP contribution is -2.41. The van der Waals surface area contributed by atoms with Crippen molar-refractivity contribution in [1.82, 2.24) is 10.2 Å². The third-order valence-electron chi connectivity index (χ3n) is 4.50. The van der Waals surface area contributed by atoms with Crippen molar-refractivity contribution >= 4 is 17.5 Å². The lowest BCUT2D eigenvalue weighted by molar-refractivity contribution is -0.125. The zero-order chi connectivity index (χ0) is 21.0. The summed E-state index contributed by atoms with van der Waals surface area (Å²) < 4.78 is 53.5. The Kier molecular flexibility index (Phi) is 6.48. The van der Waals surface area contributed by atoms with E-state index < -0.39 is 41.5 Å². The molecule has 1 saturated carbocycles. The number of benzene rings is 2. The molecule has 2 N–H and O–H groups in total. The van der Waals surface area contributed by atoms with E-state index in [0.29, 0.717) is 11.6 Å². The number of anilines is 1. The van der Waals surface area contributed by atoms with Gasteiger partial charge >= 0.3 is 0 Å². The van der Waals surface area contributed by atoms with Gasteiger partial charge in [-0.25, -0.2) is 17.6 Å². The van der Waals surface area contributed by atoms with Crippen LogP contribution in [0.15, 0.2) is 36.4 Å². The molecule has 0 atom stereocenters. The van der Waals surface area contributed by atoms with Crippen LogP contribution in [0.3, 0.4) is 0 Å². The fourth-order valence-corrected chi connectivity index (χ4v) is 2.84. The van der Waals surface area contributed by atoms with Crippen LogP contribution in [0, 0.1) is 23.3 Å². The summed E-state index contributed by atoms with van der Waals surface area (Å²) >= 11 is 0. The van der Waals surface area contributed by atoms with Crippen molar-refractivity contribution in [1.29, 1.82) is 0 Å². The molecule has 0 radical (unpaired) electrons. The van der Waals surface area contributed by atoms with E-state index in [0.717, 1.165) is 18.9 Å². The molecule has 29 heavy (non-hydrogen) atoms. The van der Waals surface area contributed by atoms with Gasteiger partial charge in [-0.1, -0.05) is 18.2 Å². The minimum Gasteiger partial charge on any atom is -0.346 e. The number of hydrogen-bond donors (Lipinski definition) is 2. The fourth-order valence-electron chi connectivity index (χ4n) is 2.84. The van der Waals surface area contributed by atoms with Gasteiger partial charge in [-0.3, -0.25) is 14.5 Å². The topological polar surface area (TPSA) is 61.4 Å². The van der Waals surface area contributed by atoms with Crippen LogP contribution in [0.1, 0.15) is 18.4 Å². The van der Waals surface area contributed by atoms with E-state index in [4.69, 9.17) is 0 Å². The third-order valence-corrected chi connectivity index (χ3v) is 4.50. The Balaban J connectivity index is 1.51. The summed E-state index contributed by atoms with van der Waals surface area (Å²) in [6.07, 6.45) is 1.80. The molecule has 0 unspecified atom stereocenters.